The highest BCUT2D eigenvalue weighted by Crippen LogP contribution is 2.25. The van der Waals surface area contributed by atoms with E-state index in [9.17, 15) is 9.90 Å². The van der Waals surface area contributed by atoms with Crippen molar-refractivity contribution < 1.29 is 19.4 Å². The Morgan fingerprint density at radius 3 is 2.72 bits per heavy atom. The zero-order valence-corrected chi connectivity index (χ0v) is 13.7. The molecule has 0 bridgehead atoms. The van der Waals surface area contributed by atoms with Gasteiger partial charge < -0.3 is 19.6 Å². The molecular formula is C18H17N3O4. The van der Waals surface area contributed by atoms with Gasteiger partial charge in [-0.1, -0.05) is 0 Å². The second-order valence-corrected chi connectivity index (χ2v) is 5.27. The average molecular weight is 339 g/mol. The molecule has 0 radical (unpaired) electrons. The lowest BCUT2D eigenvalue weighted by Crippen LogP contribution is -2.17. The number of aromatic hydroxyl groups is 1. The third-order valence-electron chi connectivity index (χ3n) is 3.66. The number of ether oxygens (including phenoxy) is 2. The molecule has 0 aliphatic heterocycles. The summed E-state index contributed by atoms with van der Waals surface area (Å²) < 4.78 is 10.1. The summed E-state index contributed by atoms with van der Waals surface area (Å²) in [7, 11) is 3.06. The second-order valence-electron chi connectivity index (χ2n) is 5.27. The van der Waals surface area contributed by atoms with Gasteiger partial charge in [0.25, 0.3) is 5.91 Å². The lowest BCUT2D eigenvalue weighted by atomic mass is 10.2. The number of carbonyl (C=O) groups is 1. The zero-order valence-electron chi connectivity index (χ0n) is 13.7. The van der Waals surface area contributed by atoms with Crippen LogP contribution in [0.2, 0.25) is 0 Å². The molecule has 3 aromatic rings. The lowest BCUT2D eigenvalue weighted by molar-refractivity contribution is 0.0951. The van der Waals surface area contributed by atoms with Gasteiger partial charge in [-0.05, 0) is 48.0 Å². The van der Waals surface area contributed by atoms with Gasteiger partial charge in [-0.15, -0.1) is 0 Å². The first-order valence-electron chi connectivity index (χ1n) is 7.48. The Morgan fingerprint density at radius 2 is 2.00 bits per heavy atom. The van der Waals surface area contributed by atoms with Crippen LogP contribution in [-0.4, -0.2) is 36.4 Å². The number of nitrogens with zero attached hydrogens (tertiary/aromatic N) is 1. The number of amides is 1. The minimum Gasteiger partial charge on any atom is -0.504 e. The van der Waals surface area contributed by atoms with Crippen LogP contribution >= 0.6 is 0 Å². The topological polar surface area (TPSA) is 95.9 Å². The van der Waals surface area contributed by atoms with Crippen molar-refractivity contribution in [1.29, 1.82) is 0 Å². The van der Waals surface area contributed by atoms with E-state index in [1.807, 2.05) is 18.2 Å². The fourth-order valence-electron chi connectivity index (χ4n) is 2.37. The summed E-state index contributed by atoms with van der Waals surface area (Å²) in [4.78, 5) is 15.2. The standard InChI is InChI=1S/C18H17N3O4/c1-24-13-4-5-14-12(8-13)9-15(20-14)18(23)21-19-10-11-3-6-17(25-2)16(22)7-11/h3-10,20,22H,1-2H3,(H,21,23). The molecular weight excluding hydrogens is 322 g/mol. The van der Waals surface area contributed by atoms with Crippen molar-refractivity contribution in [1.82, 2.24) is 10.4 Å². The maximum absolute atomic E-state index is 12.2. The quantitative estimate of drug-likeness (QED) is 0.492. The van der Waals surface area contributed by atoms with Gasteiger partial charge in [0.1, 0.15) is 11.4 Å². The van der Waals surface area contributed by atoms with E-state index >= 15 is 0 Å². The number of aromatic amines is 1. The van der Waals surface area contributed by atoms with Crippen LogP contribution < -0.4 is 14.9 Å². The highest BCUT2D eigenvalue weighted by molar-refractivity contribution is 5.98. The molecule has 25 heavy (non-hydrogen) atoms. The second kappa shape index (κ2) is 6.96. The molecule has 7 nitrogen and oxygen atoms in total. The van der Waals surface area contributed by atoms with E-state index in [0.717, 1.165) is 16.7 Å². The number of benzene rings is 2. The first-order valence-corrected chi connectivity index (χ1v) is 7.48. The Kier molecular flexibility index (Phi) is 4.56. The van der Waals surface area contributed by atoms with Crippen LogP contribution in [0, 0.1) is 0 Å². The maximum Gasteiger partial charge on any atom is 0.287 e. The number of nitrogens with one attached hydrogen (secondary N) is 2. The van der Waals surface area contributed by atoms with Crippen molar-refractivity contribution in [2.75, 3.05) is 14.2 Å². The fourth-order valence-corrected chi connectivity index (χ4v) is 2.37. The number of phenols is 1. The van der Waals surface area contributed by atoms with Gasteiger partial charge in [0.15, 0.2) is 11.5 Å². The molecule has 0 aliphatic carbocycles. The summed E-state index contributed by atoms with van der Waals surface area (Å²) in [6.07, 6.45) is 1.43. The molecule has 1 aromatic heterocycles. The van der Waals surface area contributed by atoms with E-state index in [1.165, 1.54) is 19.4 Å². The molecule has 1 heterocycles. The van der Waals surface area contributed by atoms with Gasteiger partial charge in [0, 0.05) is 10.9 Å². The molecule has 0 saturated heterocycles. The normalized spacial score (nSPS) is 11.0. The summed E-state index contributed by atoms with van der Waals surface area (Å²) in [6, 6.07) is 12.0. The average Bonchev–Trinajstić information content (AvgIpc) is 3.05. The first kappa shape index (κ1) is 16.4. The molecule has 1 amide bonds. The van der Waals surface area contributed by atoms with Crippen LogP contribution in [0.3, 0.4) is 0 Å². The Bertz CT molecular complexity index is 947. The molecule has 128 valence electrons. The Hall–Kier alpha value is -3.48. The van der Waals surface area contributed by atoms with Crippen molar-refractivity contribution in [3.63, 3.8) is 0 Å². The van der Waals surface area contributed by atoms with Crippen LogP contribution in [0.5, 0.6) is 17.2 Å². The lowest BCUT2D eigenvalue weighted by Gasteiger charge is -2.03. The van der Waals surface area contributed by atoms with Crippen molar-refractivity contribution >= 4 is 23.0 Å². The monoisotopic (exact) mass is 339 g/mol. The van der Waals surface area contributed by atoms with E-state index < -0.39 is 0 Å². The van der Waals surface area contributed by atoms with E-state index in [4.69, 9.17) is 9.47 Å². The van der Waals surface area contributed by atoms with Crippen LogP contribution in [0.1, 0.15) is 16.1 Å². The van der Waals surface area contributed by atoms with Crippen molar-refractivity contribution in [3.8, 4) is 17.2 Å². The minimum atomic E-state index is -0.371. The van der Waals surface area contributed by atoms with Gasteiger partial charge in [-0.25, -0.2) is 5.43 Å². The molecule has 0 spiro atoms. The summed E-state index contributed by atoms with van der Waals surface area (Å²) in [5.41, 5.74) is 4.28. The molecule has 3 rings (SSSR count). The van der Waals surface area contributed by atoms with Gasteiger partial charge in [0.05, 0.1) is 20.4 Å². The number of hydrogen-bond acceptors (Lipinski definition) is 5. The number of methoxy groups -OCH3 is 2. The molecule has 3 N–H and O–H groups in total. The van der Waals surface area contributed by atoms with Gasteiger partial charge >= 0.3 is 0 Å². The molecule has 0 saturated carbocycles. The molecule has 2 aromatic carbocycles. The van der Waals surface area contributed by atoms with Gasteiger partial charge in [0.2, 0.25) is 0 Å². The molecule has 0 fully saturated rings. The maximum atomic E-state index is 12.2. The SMILES string of the molecule is COc1ccc2[nH]c(C(=O)NN=Cc3ccc(OC)c(O)c3)cc2c1. The molecule has 0 unspecified atom stereocenters. The van der Waals surface area contributed by atoms with Crippen LogP contribution in [0.15, 0.2) is 47.6 Å². The number of phenolic OH excluding ortho intramolecular Hbond substituents is 1. The third-order valence-corrected chi connectivity index (χ3v) is 3.66. The van der Waals surface area contributed by atoms with E-state index in [0.29, 0.717) is 17.0 Å². The number of carbonyl (C=O) groups excluding carboxylic acids is 1. The largest absolute Gasteiger partial charge is 0.504 e. The number of fused-ring (bicyclic) bond motifs is 1. The smallest absolute Gasteiger partial charge is 0.287 e. The summed E-state index contributed by atoms with van der Waals surface area (Å²) in [6.45, 7) is 0. The molecule has 7 heteroatoms. The number of aromatic nitrogens is 1. The fraction of sp³-hybridized carbons (Fsp3) is 0.111. The number of H-pyrrole nitrogens is 1. The number of hydrogen-bond donors (Lipinski definition) is 3. The van der Waals surface area contributed by atoms with Gasteiger partial charge in [-0.3, -0.25) is 4.79 Å². The van der Waals surface area contributed by atoms with E-state index in [-0.39, 0.29) is 11.7 Å². The highest BCUT2D eigenvalue weighted by Gasteiger charge is 2.09. The summed E-state index contributed by atoms with van der Waals surface area (Å²) in [5, 5.41) is 14.5. The summed E-state index contributed by atoms with van der Waals surface area (Å²) in [5.74, 6) is 0.719. The van der Waals surface area contributed by atoms with Crippen LogP contribution in [-0.2, 0) is 0 Å². The molecule has 0 aliphatic rings. The third kappa shape index (κ3) is 3.55. The predicted molar refractivity (Wildman–Crippen MR) is 94.6 cm³/mol. The van der Waals surface area contributed by atoms with Crippen molar-refractivity contribution in [2.24, 2.45) is 5.10 Å². The number of hydrazone groups is 1. The van der Waals surface area contributed by atoms with Crippen LogP contribution in [0.25, 0.3) is 10.9 Å². The zero-order chi connectivity index (χ0) is 17.8. The summed E-state index contributed by atoms with van der Waals surface area (Å²) >= 11 is 0. The van der Waals surface area contributed by atoms with Crippen molar-refractivity contribution in [2.45, 2.75) is 0 Å². The Balaban J connectivity index is 1.70. The Morgan fingerprint density at radius 1 is 1.16 bits per heavy atom. The van der Waals surface area contributed by atoms with Crippen molar-refractivity contribution in [3.05, 3.63) is 53.7 Å². The van der Waals surface area contributed by atoms with Gasteiger partial charge in [-0.2, -0.15) is 5.10 Å². The Labute approximate surface area is 143 Å². The van der Waals surface area contributed by atoms with E-state index in [1.54, 1.807) is 25.3 Å². The first-order chi connectivity index (χ1) is 12.1. The van der Waals surface area contributed by atoms with Crippen LogP contribution in [0.4, 0.5) is 0 Å². The number of rotatable bonds is 5. The highest BCUT2D eigenvalue weighted by atomic mass is 16.5. The predicted octanol–water partition coefficient (Wildman–Crippen LogP) is 2.65. The molecule has 0 atom stereocenters. The minimum absolute atomic E-state index is 0.00217. The van der Waals surface area contributed by atoms with E-state index in [2.05, 4.69) is 15.5 Å².